The van der Waals surface area contributed by atoms with Crippen molar-refractivity contribution in [3.05, 3.63) is 40.9 Å². The van der Waals surface area contributed by atoms with Crippen molar-refractivity contribution in [3.8, 4) is 5.75 Å². The summed E-state index contributed by atoms with van der Waals surface area (Å²) >= 11 is 8.14. The van der Waals surface area contributed by atoms with E-state index in [-0.39, 0.29) is 0 Å². The minimum absolute atomic E-state index is 0.300. The van der Waals surface area contributed by atoms with E-state index in [9.17, 15) is 0 Å². The third kappa shape index (κ3) is 2.50. The van der Waals surface area contributed by atoms with Crippen LogP contribution in [0.2, 0.25) is 0 Å². The maximum absolute atomic E-state index is 6.05. The number of hydrogen-bond donors (Lipinski definition) is 1. The molecule has 1 nitrogen and oxygen atoms in total. The molecule has 0 aliphatic heterocycles. The summed E-state index contributed by atoms with van der Waals surface area (Å²) in [6.07, 6.45) is 3.78. The Balaban J connectivity index is 1.83. The Bertz CT molecular complexity index is 587. The predicted molar refractivity (Wildman–Crippen MR) is 87.3 cm³/mol. The number of hydrogen-bond acceptors (Lipinski definition) is 2. The molecule has 0 atom stereocenters. The molecular weight excluding hydrogens is 320 g/mol. The van der Waals surface area contributed by atoms with E-state index in [0.717, 1.165) is 22.6 Å². The normalized spacial score (nSPS) is 17.2. The van der Waals surface area contributed by atoms with Gasteiger partial charge in [0.1, 0.15) is 5.75 Å². The van der Waals surface area contributed by atoms with Crippen molar-refractivity contribution in [3.63, 3.8) is 0 Å². The Morgan fingerprint density at radius 3 is 2.63 bits per heavy atom. The molecule has 1 saturated carbocycles. The van der Waals surface area contributed by atoms with Gasteiger partial charge in [-0.25, -0.2) is 0 Å². The van der Waals surface area contributed by atoms with E-state index in [1.165, 1.54) is 30.0 Å². The molecule has 0 spiro atoms. The summed E-state index contributed by atoms with van der Waals surface area (Å²) in [5.41, 5.74) is 0.300. The summed E-state index contributed by atoms with van der Waals surface area (Å²) in [6.45, 7) is 0.771. The Kier molecular flexibility index (Phi) is 3.77. The highest BCUT2D eigenvalue weighted by Crippen LogP contribution is 2.43. The summed E-state index contributed by atoms with van der Waals surface area (Å²) in [6, 6.07) is 12.5. The molecule has 1 aliphatic carbocycles. The van der Waals surface area contributed by atoms with E-state index in [1.807, 2.05) is 0 Å². The van der Waals surface area contributed by atoms with Gasteiger partial charge in [0.05, 0.1) is 11.1 Å². The number of ether oxygens (including phenoxy) is 1. The molecule has 2 aromatic carbocycles. The second-order valence-electron chi connectivity index (χ2n) is 5.40. The van der Waals surface area contributed by atoms with Crippen LogP contribution in [0.5, 0.6) is 5.75 Å². The van der Waals surface area contributed by atoms with Crippen LogP contribution in [0.4, 0.5) is 0 Å². The number of rotatable bonds is 4. The van der Waals surface area contributed by atoms with Gasteiger partial charge < -0.3 is 4.74 Å². The fourth-order valence-electron chi connectivity index (χ4n) is 2.58. The quantitative estimate of drug-likeness (QED) is 0.766. The molecule has 0 unspecified atom stereocenters. The first-order valence-electron chi connectivity index (χ1n) is 6.65. The van der Waals surface area contributed by atoms with Crippen LogP contribution in [-0.2, 0) is 0 Å². The van der Waals surface area contributed by atoms with Gasteiger partial charge in [-0.1, -0.05) is 36.8 Å². The lowest BCUT2D eigenvalue weighted by Crippen LogP contribution is -2.37. The van der Waals surface area contributed by atoms with Crippen molar-refractivity contribution in [1.82, 2.24) is 0 Å². The molecule has 1 fully saturated rings. The topological polar surface area (TPSA) is 9.23 Å². The van der Waals surface area contributed by atoms with Crippen LogP contribution < -0.4 is 4.74 Å². The SMILES string of the molecule is SCC1(COc2ccc3ccccc3c2Br)CCC1. The second kappa shape index (κ2) is 5.37. The molecule has 1 aliphatic rings. The predicted octanol–water partition coefficient (Wildman–Crippen LogP) is 5.08. The number of benzene rings is 2. The minimum atomic E-state index is 0.300. The molecule has 0 aromatic heterocycles. The molecule has 0 radical (unpaired) electrons. The van der Waals surface area contributed by atoms with Gasteiger partial charge in [0.2, 0.25) is 0 Å². The van der Waals surface area contributed by atoms with Gasteiger partial charge >= 0.3 is 0 Å². The fraction of sp³-hybridized carbons (Fsp3) is 0.375. The minimum Gasteiger partial charge on any atom is -0.492 e. The smallest absolute Gasteiger partial charge is 0.134 e. The summed E-state index contributed by atoms with van der Waals surface area (Å²) < 4.78 is 7.10. The summed E-state index contributed by atoms with van der Waals surface area (Å²) in [5, 5.41) is 2.43. The van der Waals surface area contributed by atoms with Crippen LogP contribution in [0, 0.1) is 5.41 Å². The Hall–Kier alpha value is -0.670. The first-order chi connectivity index (χ1) is 9.24. The van der Waals surface area contributed by atoms with Gasteiger partial charge in [0.25, 0.3) is 0 Å². The van der Waals surface area contributed by atoms with Gasteiger partial charge in [-0.05, 0) is 51.4 Å². The molecule has 0 saturated heterocycles. The highest BCUT2D eigenvalue weighted by atomic mass is 79.9. The van der Waals surface area contributed by atoms with Crippen molar-refractivity contribution in [2.75, 3.05) is 12.4 Å². The van der Waals surface area contributed by atoms with Crippen molar-refractivity contribution >= 4 is 39.3 Å². The average Bonchev–Trinajstić information content (AvgIpc) is 2.40. The Morgan fingerprint density at radius 1 is 1.16 bits per heavy atom. The van der Waals surface area contributed by atoms with Crippen LogP contribution in [0.1, 0.15) is 19.3 Å². The van der Waals surface area contributed by atoms with Crippen molar-refractivity contribution < 1.29 is 4.74 Å². The maximum Gasteiger partial charge on any atom is 0.134 e. The molecule has 0 N–H and O–H groups in total. The molecule has 0 amide bonds. The average molecular weight is 337 g/mol. The molecule has 3 heteroatoms. The van der Waals surface area contributed by atoms with Gasteiger partial charge in [-0.3, -0.25) is 0 Å². The number of halogens is 1. The molecule has 100 valence electrons. The van der Waals surface area contributed by atoms with Gasteiger partial charge in [0.15, 0.2) is 0 Å². The molecule has 0 heterocycles. The molecule has 19 heavy (non-hydrogen) atoms. The standard InChI is InChI=1S/C16H17BrOS/c17-15-13-5-2-1-4-12(13)6-7-14(15)18-10-16(11-19)8-3-9-16/h1-2,4-7,19H,3,8-11H2. The van der Waals surface area contributed by atoms with E-state index in [2.05, 4.69) is 65.0 Å². The Morgan fingerprint density at radius 2 is 1.95 bits per heavy atom. The summed E-state index contributed by atoms with van der Waals surface area (Å²) in [4.78, 5) is 0. The largest absolute Gasteiger partial charge is 0.492 e. The van der Waals surface area contributed by atoms with Crippen LogP contribution in [-0.4, -0.2) is 12.4 Å². The number of thiol groups is 1. The van der Waals surface area contributed by atoms with Gasteiger partial charge in [-0.15, -0.1) is 0 Å². The van der Waals surface area contributed by atoms with Crippen LogP contribution in [0.3, 0.4) is 0 Å². The fourth-order valence-corrected chi connectivity index (χ4v) is 3.60. The van der Waals surface area contributed by atoms with Crippen molar-refractivity contribution in [2.24, 2.45) is 5.41 Å². The van der Waals surface area contributed by atoms with Crippen molar-refractivity contribution in [1.29, 1.82) is 0 Å². The lowest BCUT2D eigenvalue weighted by molar-refractivity contribution is 0.0826. The maximum atomic E-state index is 6.05. The van der Waals surface area contributed by atoms with E-state index in [1.54, 1.807) is 0 Å². The zero-order valence-corrected chi connectivity index (χ0v) is 13.2. The first-order valence-corrected chi connectivity index (χ1v) is 8.08. The molecule has 3 rings (SSSR count). The summed E-state index contributed by atoms with van der Waals surface area (Å²) in [5.74, 6) is 1.85. The number of fused-ring (bicyclic) bond motifs is 1. The van der Waals surface area contributed by atoms with E-state index in [4.69, 9.17) is 4.74 Å². The van der Waals surface area contributed by atoms with Crippen LogP contribution in [0.15, 0.2) is 40.9 Å². The summed E-state index contributed by atoms with van der Waals surface area (Å²) in [7, 11) is 0. The molecule has 0 bridgehead atoms. The first kappa shape index (κ1) is 13.3. The van der Waals surface area contributed by atoms with Gasteiger partial charge in [0, 0.05) is 5.41 Å². The lowest BCUT2D eigenvalue weighted by atomic mass is 9.71. The Labute approximate surface area is 127 Å². The lowest BCUT2D eigenvalue weighted by Gasteiger charge is -2.40. The zero-order valence-electron chi connectivity index (χ0n) is 10.7. The van der Waals surface area contributed by atoms with E-state index >= 15 is 0 Å². The van der Waals surface area contributed by atoms with Crippen LogP contribution >= 0.6 is 28.6 Å². The van der Waals surface area contributed by atoms with Crippen LogP contribution in [0.25, 0.3) is 10.8 Å². The third-order valence-electron chi connectivity index (χ3n) is 4.11. The van der Waals surface area contributed by atoms with E-state index in [0.29, 0.717) is 5.41 Å². The second-order valence-corrected chi connectivity index (χ2v) is 6.51. The monoisotopic (exact) mass is 336 g/mol. The molecular formula is C16H17BrOS. The van der Waals surface area contributed by atoms with Gasteiger partial charge in [-0.2, -0.15) is 12.6 Å². The van der Waals surface area contributed by atoms with Crippen molar-refractivity contribution in [2.45, 2.75) is 19.3 Å². The third-order valence-corrected chi connectivity index (χ3v) is 5.60. The van der Waals surface area contributed by atoms with E-state index < -0.39 is 0 Å². The molecule has 2 aromatic rings. The zero-order chi connectivity index (χ0) is 13.3. The highest BCUT2D eigenvalue weighted by Gasteiger charge is 2.36. The highest BCUT2D eigenvalue weighted by molar-refractivity contribution is 9.10.